The molecule has 17 heavy (non-hydrogen) atoms. The molecule has 0 saturated carbocycles. The molecule has 0 radical (unpaired) electrons. The molecule has 0 spiro atoms. The lowest BCUT2D eigenvalue weighted by Crippen LogP contribution is -2.42. The first-order valence-electron chi connectivity index (χ1n) is 6.03. The third-order valence-corrected chi connectivity index (χ3v) is 3.36. The second-order valence-electron chi connectivity index (χ2n) is 4.46. The fraction of sp³-hybridized carbons (Fsp3) is 0.538. The Hall–Kier alpha value is -1.13. The highest BCUT2D eigenvalue weighted by molar-refractivity contribution is 5.54. The van der Waals surface area contributed by atoms with Crippen LogP contribution >= 0.6 is 0 Å². The van der Waals surface area contributed by atoms with Crippen molar-refractivity contribution < 1.29 is 14.6 Å². The SMILES string of the molecule is OCc1cc(F)ccc1N1CCCCC1CO. The van der Waals surface area contributed by atoms with Crippen molar-refractivity contribution in [1.82, 2.24) is 0 Å². The summed E-state index contributed by atoms with van der Waals surface area (Å²) in [5.74, 6) is -0.338. The summed E-state index contributed by atoms with van der Waals surface area (Å²) in [7, 11) is 0. The summed E-state index contributed by atoms with van der Waals surface area (Å²) in [5, 5.41) is 18.6. The van der Waals surface area contributed by atoms with Crippen molar-refractivity contribution in [3.63, 3.8) is 0 Å². The number of hydrogen-bond acceptors (Lipinski definition) is 3. The number of halogens is 1. The first-order valence-corrected chi connectivity index (χ1v) is 6.03. The first-order chi connectivity index (χ1) is 8.26. The van der Waals surface area contributed by atoms with Crippen molar-refractivity contribution in [2.75, 3.05) is 18.1 Å². The maximum Gasteiger partial charge on any atom is 0.123 e. The smallest absolute Gasteiger partial charge is 0.123 e. The van der Waals surface area contributed by atoms with Gasteiger partial charge in [0.05, 0.1) is 19.3 Å². The average Bonchev–Trinajstić information content (AvgIpc) is 2.38. The van der Waals surface area contributed by atoms with Crippen molar-refractivity contribution in [1.29, 1.82) is 0 Å². The second-order valence-corrected chi connectivity index (χ2v) is 4.46. The standard InChI is InChI=1S/C13H18FNO2/c14-11-4-5-13(10(7-11)8-16)15-6-2-1-3-12(15)9-17/h4-5,7,12,16-17H,1-3,6,8-9H2. The summed E-state index contributed by atoms with van der Waals surface area (Å²) in [4.78, 5) is 2.08. The fourth-order valence-electron chi connectivity index (χ4n) is 2.47. The largest absolute Gasteiger partial charge is 0.394 e. The minimum absolute atomic E-state index is 0.0829. The molecule has 1 aromatic rings. The normalized spacial score (nSPS) is 20.6. The van der Waals surface area contributed by atoms with E-state index in [1.165, 1.54) is 12.1 Å². The van der Waals surface area contributed by atoms with Gasteiger partial charge in [0.15, 0.2) is 0 Å². The van der Waals surface area contributed by atoms with E-state index in [-0.39, 0.29) is 25.1 Å². The lowest BCUT2D eigenvalue weighted by Gasteiger charge is -2.37. The molecule has 3 nitrogen and oxygen atoms in total. The molecule has 94 valence electrons. The van der Waals surface area contributed by atoms with E-state index >= 15 is 0 Å². The molecule has 0 aliphatic carbocycles. The molecule has 1 aromatic carbocycles. The van der Waals surface area contributed by atoms with Crippen LogP contribution in [-0.4, -0.2) is 29.4 Å². The van der Waals surface area contributed by atoms with Gasteiger partial charge < -0.3 is 15.1 Å². The zero-order valence-electron chi connectivity index (χ0n) is 9.77. The van der Waals surface area contributed by atoms with Crippen LogP contribution in [0.4, 0.5) is 10.1 Å². The highest BCUT2D eigenvalue weighted by Gasteiger charge is 2.23. The van der Waals surface area contributed by atoms with E-state index in [4.69, 9.17) is 0 Å². The average molecular weight is 239 g/mol. The molecule has 1 aliphatic rings. The fourth-order valence-corrected chi connectivity index (χ4v) is 2.47. The Kier molecular flexibility index (Phi) is 3.97. The molecule has 2 N–H and O–H groups in total. The van der Waals surface area contributed by atoms with E-state index in [1.54, 1.807) is 6.07 Å². The third kappa shape index (κ3) is 2.58. The Morgan fingerprint density at radius 2 is 2.12 bits per heavy atom. The summed E-state index contributed by atoms with van der Waals surface area (Å²) in [6.45, 7) is 0.772. The van der Waals surface area contributed by atoms with Crippen LogP contribution in [0.5, 0.6) is 0 Å². The first kappa shape index (κ1) is 12.3. The van der Waals surface area contributed by atoms with Crippen LogP contribution < -0.4 is 4.90 Å². The van der Waals surface area contributed by atoms with E-state index < -0.39 is 0 Å². The lowest BCUT2D eigenvalue weighted by atomic mass is 10.0. The monoisotopic (exact) mass is 239 g/mol. The number of piperidine rings is 1. The number of nitrogens with zero attached hydrogens (tertiary/aromatic N) is 1. The summed E-state index contributed by atoms with van der Waals surface area (Å²) < 4.78 is 13.1. The van der Waals surface area contributed by atoms with Gasteiger partial charge in [0.25, 0.3) is 0 Å². The molecule has 4 heteroatoms. The Labute approximate surface area is 100 Å². The molecule has 1 heterocycles. The summed E-state index contributed by atoms with van der Waals surface area (Å²) in [5.41, 5.74) is 1.43. The number of rotatable bonds is 3. The van der Waals surface area contributed by atoms with Crippen LogP contribution in [0.25, 0.3) is 0 Å². The van der Waals surface area contributed by atoms with Gasteiger partial charge in [0, 0.05) is 17.8 Å². The topological polar surface area (TPSA) is 43.7 Å². The summed E-state index contributed by atoms with van der Waals surface area (Å²) in [6.07, 6.45) is 3.12. The van der Waals surface area contributed by atoms with Gasteiger partial charge in [-0.25, -0.2) is 4.39 Å². The Balaban J connectivity index is 2.30. The van der Waals surface area contributed by atoms with Gasteiger partial charge in [-0.1, -0.05) is 0 Å². The molecule has 1 saturated heterocycles. The van der Waals surface area contributed by atoms with Gasteiger partial charge in [-0.3, -0.25) is 0 Å². The second kappa shape index (κ2) is 5.47. The highest BCUT2D eigenvalue weighted by Crippen LogP contribution is 2.28. The molecule has 2 rings (SSSR count). The maximum absolute atomic E-state index is 13.1. The van der Waals surface area contributed by atoms with Gasteiger partial charge >= 0.3 is 0 Å². The highest BCUT2D eigenvalue weighted by atomic mass is 19.1. The minimum Gasteiger partial charge on any atom is -0.394 e. The zero-order valence-corrected chi connectivity index (χ0v) is 9.77. The van der Waals surface area contributed by atoms with Crippen LogP contribution in [0.15, 0.2) is 18.2 Å². The molecule has 0 bridgehead atoms. The van der Waals surface area contributed by atoms with Crippen LogP contribution in [0.3, 0.4) is 0 Å². The lowest BCUT2D eigenvalue weighted by molar-refractivity contribution is 0.238. The van der Waals surface area contributed by atoms with Crippen LogP contribution in [0, 0.1) is 5.82 Å². The number of aliphatic hydroxyl groups excluding tert-OH is 2. The van der Waals surface area contributed by atoms with Crippen molar-refractivity contribution in [3.8, 4) is 0 Å². The number of anilines is 1. The molecular weight excluding hydrogens is 221 g/mol. The van der Waals surface area contributed by atoms with Gasteiger partial charge in [0.1, 0.15) is 5.82 Å². The van der Waals surface area contributed by atoms with E-state index in [0.717, 1.165) is 31.5 Å². The number of aliphatic hydroxyl groups is 2. The van der Waals surface area contributed by atoms with Gasteiger partial charge in [-0.05, 0) is 37.5 Å². The van der Waals surface area contributed by atoms with E-state index in [2.05, 4.69) is 4.90 Å². The van der Waals surface area contributed by atoms with Crippen LogP contribution in [-0.2, 0) is 6.61 Å². The zero-order chi connectivity index (χ0) is 12.3. The summed E-state index contributed by atoms with van der Waals surface area (Å²) >= 11 is 0. The summed E-state index contributed by atoms with van der Waals surface area (Å²) in [6, 6.07) is 4.53. The minimum atomic E-state index is -0.338. The van der Waals surface area contributed by atoms with Crippen molar-refractivity contribution in [3.05, 3.63) is 29.6 Å². The molecule has 1 aliphatic heterocycles. The molecular formula is C13H18FNO2. The Morgan fingerprint density at radius 3 is 2.82 bits per heavy atom. The van der Waals surface area contributed by atoms with Crippen LogP contribution in [0.1, 0.15) is 24.8 Å². The third-order valence-electron chi connectivity index (χ3n) is 3.36. The molecule has 0 aromatic heterocycles. The Morgan fingerprint density at radius 1 is 1.29 bits per heavy atom. The number of hydrogen-bond donors (Lipinski definition) is 2. The number of benzene rings is 1. The van der Waals surface area contributed by atoms with Crippen molar-refractivity contribution >= 4 is 5.69 Å². The quantitative estimate of drug-likeness (QED) is 0.843. The van der Waals surface area contributed by atoms with E-state index in [0.29, 0.717) is 5.56 Å². The van der Waals surface area contributed by atoms with Crippen LogP contribution in [0.2, 0.25) is 0 Å². The van der Waals surface area contributed by atoms with Crippen molar-refractivity contribution in [2.45, 2.75) is 31.9 Å². The van der Waals surface area contributed by atoms with Gasteiger partial charge in [-0.15, -0.1) is 0 Å². The molecule has 1 fully saturated rings. The van der Waals surface area contributed by atoms with E-state index in [1.807, 2.05) is 0 Å². The molecule has 1 atom stereocenters. The predicted octanol–water partition coefficient (Wildman–Crippen LogP) is 1.67. The Bertz CT molecular complexity index is 384. The maximum atomic E-state index is 13.1. The van der Waals surface area contributed by atoms with Gasteiger partial charge in [0.2, 0.25) is 0 Å². The van der Waals surface area contributed by atoms with Gasteiger partial charge in [-0.2, -0.15) is 0 Å². The molecule has 0 amide bonds. The van der Waals surface area contributed by atoms with E-state index in [9.17, 15) is 14.6 Å². The molecule has 1 unspecified atom stereocenters. The van der Waals surface area contributed by atoms with Crippen molar-refractivity contribution in [2.24, 2.45) is 0 Å². The predicted molar refractivity (Wildman–Crippen MR) is 64.4 cm³/mol.